The van der Waals surface area contributed by atoms with Crippen LogP contribution in [0.5, 0.6) is 11.8 Å². The van der Waals surface area contributed by atoms with Gasteiger partial charge in [0.05, 0.1) is 30.4 Å². The summed E-state index contributed by atoms with van der Waals surface area (Å²) in [5.41, 5.74) is 1.91. The van der Waals surface area contributed by atoms with E-state index in [-0.39, 0.29) is 24.2 Å². The molecule has 154 valence electrons. The lowest BCUT2D eigenvalue weighted by Gasteiger charge is -2.29. The molecule has 0 unspecified atom stereocenters. The third-order valence-electron chi connectivity index (χ3n) is 5.05. The SMILES string of the molecule is CCOc1ccc2nc(OC3CCC(OC[C@H](C)NC(C)=O)CC3)n(C)c2c1. The molecule has 0 spiro atoms. The normalized spacial score (nSPS) is 20.7. The number of hydrogen-bond donors (Lipinski definition) is 1. The maximum atomic E-state index is 11.1. The minimum atomic E-state index is -0.0240. The van der Waals surface area contributed by atoms with Crippen molar-refractivity contribution < 1.29 is 19.0 Å². The summed E-state index contributed by atoms with van der Waals surface area (Å²) in [5.74, 6) is 0.819. The smallest absolute Gasteiger partial charge is 0.297 e. The fourth-order valence-electron chi connectivity index (χ4n) is 3.64. The van der Waals surface area contributed by atoms with E-state index in [0.29, 0.717) is 19.2 Å². The number of fused-ring (bicyclic) bond motifs is 1. The Labute approximate surface area is 166 Å². The van der Waals surface area contributed by atoms with E-state index in [9.17, 15) is 4.79 Å². The number of benzene rings is 1. The van der Waals surface area contributed by atoms with Gasteiger partial charge in [0.25, 0.3) is 6.01 Å². The van der Waals surface area contributed by atoms with Crippen molar-refractivity contribution in [1.82, 2.24) is 14.9 Å². The molecular formula is C21H31N3O4. The van der Waals surface area contributed by atoms with Gasteiger partial charge in [-0.05, 0) is 51.7 Å². The van der Waals surface area contributed by atoms with Crippen molar-refractivity contribution in [3.63, 3.8) is 0 Å². The summed E-state index contributed by atoms with van der Waals surface area (Å²) < 4.78 is 19.7. The van der Waals surface area contributed by atoms with Gasteiger partial charge in [0, 0.05) is 26.1 Å². The first-order valence-electron chi connectivity index (χ1n) is 10.1. The minimum Gasteiger partial charge on any atom is -0.494 e. The van der Waals surface area contributed by atoms with Gasteiger partial charge in [-0.2, -0.15) is 4.98 Å². The molecule has 7 nitrogen and oxygen atoms in total. The highest BCUT2D eigenvalue weighted by Crippen LogP contribution is 2.28. The average molecular weight is 389 g/mol. The van der Waals surface area contributed by atoms with Crippen molar-refractivity contribution in [1.29, 1.82) is 0 Å². The molecule has 0 bridgehead atoms. The second-order valence-corrected chi connectivity index (χ2v) is 7.49. The number of rotatable bonds is 8. The Morgan fingerprint density at radius 2 is 2.00 bits per heavy atom. The van der Waals surface area contributed by atoms with Crippen LogP contribution in [0, 0.1) is 0 Å². The number of imidazole rings is 1. The van der Waals surface area contributed by atoms with Gasteiger partial charge in [0.15, 0.2) is 0 Å². The van der Waals surface area contributed by atoms with Gasteiger partial charge in [-0.15, -0.1) is 0 Å². The summed E-state index contributed by atoms with van der Waals surface area (Å²) in [6.07, 6.45) is 4.16. The number of nitrogens with one attached hydrogen (secondary N) is 1. The van der Waals surface area contributed by atoms with E-state index in [0.717, 1.165) is 42.5 Å². The van der Waals surface area contributed by atoms with Crippen molar-refractivity contribution in [3.8, 4) is 11.8 Å². The van der Waals surface area contributed by atoms with Crippen LogP contribution in [0.25, 0.3) is 11.0 Å². The number of ether oxygens (including phenoxy) is 3. The molecule has 0 aliphatic heterocycles. The van der Waals surface area contributed by atoms with Crippen LogP contribution < -0.4 is 14.8 Å². The number of carbonyl (C=O) groups excluding carboxylic acids is 1. The highest BCUT2D eigenvalue weighted by molar-refractivity contribution is 5.78. The van der Waals surface area contributed by atoms with Crippen LogP contribution in [0.4, 0.5) is 0 Å². The highest BCUT2D eigenvalue weighted by Gasteiger charge is 2.25. The molecule has 1 atom stereocenters. The lowest BCUT2D eigenvalue weighted by Crippen LogP contribution is -2.37. The molecule has 1 aromatic heterocycles. The van der Waals surface area contributed by atoms with Crippen molar-refractivity contribution in [2.75, 3.05) is 13.2 Å². The van der Waals surface area contributed by atoms with E-state index >= 15 is 0 Å². The Balaban J connectivity index is 1.52. The van der Waals surface area contributed by atoms with Gasteiger partial charge in [-0.3, -0.25) is 9.36 Å². The Hall–Kier alpha value is -2.28. The fraction of sp³-hybridized carbons (Fsp3) is 0.619. The number of amides is 1. The lowest BCUT2D eigenvalue weighted by molar-refractivity contribution is -0.120. The van der Waals surface area contributed by atoms with E-state index in [1.54, 1.807) is 0 Å². The third-order valence-corrected chi connectivity index (χ3v) is 5.05. The third kappa shape index (κ3) is 5.16. The first-order chi connectivity index (χ1) is 13.5. The van der Waals surface area contributed by atoms with Crippen molar-refractivity contribution in [2.45, 2.75) is 64.7 Å². The summed E-state index contributed by atoms with van der Waals surface area (Å²) in [6, 6.07) is 6.58. The number of aryl methyl sites for hydroxylation is 1. The molecule has 1 aliphatic carbocycles. The van der Waals surface area contributed by atoms with Crippen LogP contribution in [0.1, 0.15) is 46.5 Å². The monoisotopic (exact) mass is 389 g/mol. The molecule has 0 saturated heterocycles. The molecule has 0 radical (unpaired) electrons. The fourth-order valence-corrected chi connectivity index (χ4v) is 3.64. The Morgan fingerprint density at radius 1 is 1.29 bits per heavy atom. The molecule has 1 aliphatic rings. The second-order valence-electron chi connectivity index (χ2n) is 7.49. The van der Waals surface area contributed by atoms with Gasteiger partial charge in [0.1, 0.15) is 11.9 Å². The molecule has 28 heavy (non-hydrogen) atoms. The van der Waals surface area contributed by atoms with Gasteiger partial charge in [-0.1, -0.05) is 0 Å². The molecule has 1 aromatic carbocycles. The topological polar surface area (TPSA) is 74.6 Å². The highest BCUT2D eigenvalue weighted by atomic mass is 16.5. The maximum Gasteiger partial charge on any atom is 0.297 e. The van der Waals surface area contributed by atoms with E-state index in [1.807, 2.05) is 43.7 Å². The molecule has 1 saturated carbocycles. The molecule has 7 heteroatoms. The van der Waals surface area contributed by atoms with E-state index < -0.39 is 0 Å². The van der Waals surface area contributed by atoms with Gasteiger partial charge in [-0.25, -0.2) is 0 Å². The largest absolute Gasteiger partial charge is 0.494 e. The van der Waals surface area contributed by atoms with E-state index in [4.69, 9.17) is 14.2 Å². The summed E-state index contributed by atoms with van der Waals surface area (Å²) in [5, 5.41) is 2.85. The summed E-state index contributed by atoms with van der Waals surface area (Å²) in [7, 11) is 1.97. The first-order valence-corrected chi connectivity index (χ1v) is 10.1. The molecular weight excluding hydrogens is 358 g/mol. The number of nitrogens with zero attached hydrogens (tertiary/aromatic N) is 2. The maximum absolute atomic E-state index is 11.1. The molecule has 1 fully saturated rings. The predicted molar refractivity (Wildman–Crippen MR) is 108 cm³/mol. The van der Waals surface area contributed by atoms with Crippen LogP contribution >= 0.6 is 0 Å². The summed E-state index contributed by atoms with van der Waals surface area (Å²) in [4.78, 5) is 15.7. The molecule has 1 amide bonds. The molecule has 3 rings (SSSR count). The second kappa shape index (κ2) is 9.28. The Kier molecular flexibility index (Phi) is 6.78. The number of hydrogen-bond acceptors (Lipinski definition) is 5. The van der Waals surface area contributed by atoms with Crippen LogP contribution in [-0.4, -0.2) is 46.9 Å². The van der Waals surface area contributed by atoms with E-state index in [2.05, 4.69) is 10.3 Å². The predicted octanol–water partition coefficient (Wildman–Crippen LogP) is 3.20. The van der Waals surface area contributed by atoms with Crippen molar-refractivity contribution in [2.24, 2.45) is 7.05 Å². The first kappa shape index (κ1) is 20.5. The van der Waals surface area contributed by atoms with Crippen LogP contribution in [-0.2, 0) is 16.6 Å². The van der Waals surface area contributed by atoms with Crippen LogP contribution in [0.15, 0.2) is 18.2 Å². The van der Waals surface area contributed by atoms with Gasteiger partial charge in [0.2, 0.25) is 5.91 Å². The standard InChI is InChI=1S/C21H31N3O4/c1-5-26-18-10-11-19-20(12-18)24(4)21(23-19)28-17-8-6-16(7-9-17)27-13-14(2)22-15(3)25/h10-12,14,16-17H,5-9,13H2,1-4H3,(H,22,25)/t14-,16?,17?/m0/s1. The number of carbonyl (C=O) groups is 1. The summed E-state index contributed by atoms with van der Waals surface area (Å²) in [6.45, 7) is 6.64. The zero-order valence-corrected chi connectivity index (χ0v) is 17.2. The molecule has 1 N–H and O–H groups in total. The van der Waals surface area contributed by atoms with Crippen molar-refractivity contribution in [3.05, 3.63) is 18.2 Å². The van der Waals surface area contributed by atoms with E-state index in [1.165, 1.54) is 6.92 Å². The minimum absolute atomic E-state index is 0.0240. The van der Waals surface area contributed by atoms with Crippen LogP contribution in [0.3, 0.4) is 0 Å². The molecule has 2 aromatic rings. The zero-order chi connectivity index (χ0) is 20.1. The lowest BCUT2D eigenvalue weighted by atomic mass is 9.95. The number of aromatic nitrogens is 2. The van der Waals surface area contributed by atoms with Gasteiger partial charge >= 0.3 is 0 Å². The zero-order valence-electron chi connectivity index (χ0n) is 17.2. The Morgan fingerprint density at radius 3 is 2.68 bits per heavy atom. The van der Waals surface area contributed by atoms with Crippen molar-refractivity contribution >= 4 is 16.9 Å². The Bertz CT molecular complexity index is 796. The average Bonchev–Trinajstić information content (AvgIpc) is 2.96. The molecule has 1 heterocycles. The summed E-state index contributed by atoms with van der Waals surface area (Å²) >= 11 is 0. The van der Waals surface area contributed by atoms with Crippen LogP contribution in [0.2, 0.25) is 0 Å². The quantitative estimate of drug-likeness (QED) is 0.750. The van der Waals surface area contributed by atoms with Gasteiger partial charge < -0.3 is 19.5 Å².